The summed E-state index contributed by atoms with van der Waals surface area (Å²) in [5.74, 6) is 0.560. The van der Waals surface area contributed by atoms with Gasteiger partial charge >= 0.3 is 0 Å². The molecule has 32 heavy (non-hydrogen) atoms. The van der Waals surface area contributed by atoms with Crippen LogP contribution in [0.4, 0.5) is 5.69 Å². The van der Waals surface area contributed by atoms with E-state index in [0.717, 1.165) is 27.7 Å². The Morgan fingerprint density at radius 3 is 2.28 bits per heavy atom. The summed E-state index contributed by atoms with van der Waals surface area (Å²) in [6.07, 6.45) is 0.373. The predicted molar refractivity (Wildman–Crippen MR) is 134 cm³/mol. The number of anilines is 1. The summed E-state index contributed by atoms with van der Waals surface area (Å²) >= 11 is 7.52. The molecule has 0 aliphatic rings. The van der Waals surface area contributed by atoms with Crippen LogP contribution in [0.25, 0.3) is 22.5 Å². The average molecular weight is 462 g/mol. The lowest BCUT2D eigenvalue weighted by molar-refractivity contribution is -0.115. The maximum absolute atomic E-state index is 12.3. The van der Waals surface area contributed by atoms with E-state index in [1.807, 2.05) is 12.1 Å². The van der Waals surface area contributed by atoms with Crippen LogP contribution in [0.1, 0.15) is 17.5 Å². The van der Waals surface area contributed by atoms with Gasteiger partial charge in [-0.25, -0.2) is 4.98 Å². The summed E-state index contributed by atoms with van der Waals surface area (Å²) in [5.41, 5.74) is 7.18. The first-order valence-corrected chi connectivity index (χ1v) is 11.8. The van der Waals surface area contributed by atoms with Crippen LogP contribution < -0.4 is 5.32 Å². The summed E-state index contributed by atoms with van der Waals surface area (Å²) in [6.45, 7) is 4.15. The molecule has 2 N–H and O–H groups in total. The fraction of sp³-hybridized carbons (Fsp3) is 0.154. The molecule has 0 saturated carbocycles. The number of halogens is 1. The van der Waals surface area contributed by atoms with Crippen LogP contribution in [0.15, 0.2) is 78.0 Å². The number of benzene rings is 3. The molecule has 0 saturated heterocycles. The number of H-pyrrole nitrogens is 1. The van der Waals surface area contributed by atoms with Crippen molar-refractivity contribution in [3.63, 3.8) is 0 Å². The van der Waals surface area contributed by atoms with Gasteiger partial charge < -0.3 is 10.3 Å². The molecule has 3 aromatic carbocycles. The number of amides is 1. The average Bonchev–Trinajstić information content (AvgIpc) is 3.19. The Morgan fingerprint density at radius 1 is 0.969 bits per heavy atom. The molecule has 0 unspecified atom stereocenters. The summed E-state index contributed by atoms with van der Waals surface area (Å²) in [5, 5.41) is 4.28. The Kier molecular flexibility index (Phi) is 6.98. The minimum Gasteiger partial charge on any atom is -0.332 e. The zero-order chi connectivity index (χ0) is 22.5. The molecule has 1 amide bonds. The first kappa shape index (κ1) is 22.2. The van der Waals surface area contributed by atoms with E-state index >= 15 is 0 Å². The lowest BCUT2D eigenvalue weighted by Gasteiger charge is -2.05. The highest BCUT2D eigenvalue weighted by Crippen LogP contribution is 2.33. The number of thioether (sulfide) groups is 1. The van der Waals surface area contributed by atoms with Crippen molar-refractivity contribution in [2.24, 2.45) is 0 Å². The number of aromatic amines is 1. The van der Waals surface area contributed by atoms with E-state index in [1.165, 1.54) is 22.9 Å². The van der Waals surface area contributed by atoms with E-state index in [9.17, 15) is 4.79 Å². The Hall–Kier alpha value is -3.02. The topological polar surface area (TPSA) is 57.8 Å². The number of nitrogens with zero attached hydrogens (tertiary/aromatic N) is 1. The molecule has 4 rings (SSSR count). The van der Waals surface area contributed by atoms with Crippen molar-refractivity contribution in [1.82, 2.24) is 9.97 Å². The largest absolute Gasteiger partial charge is 0.332 e. The van der Waals surface area contributed by atoms with Crippen molar-refractivity contribution in [1.29, 1.82) is 0 Å². The molecule has 0 spiro atoms. The van der Waals surface area contributed by atoms with Crippen LogP contribution in [0, 0.1) is 13.8 Å². The number of nitrogens with one attached hydrogen (secondary N) is 2. The van der Waals surface area contributed by atoms with Crippen molar-refractivity contribution in [3.05, 3.63) is 88.9 Å². The molecule has 1 heterocycles. The zero-order valence-corrected chi connectivity index (χ0v) is 19.6. The Balaban J connectivity index is 1.49. The number of rotatable bonds is 7. The Labute approximate surface area is 197 Å². The third-order valence-corrected chi connectivity index (χ3v) is 6.13. The van der Waals surface area contributed by atoms with Gasteiger partial charge in [-0.2, -0.15) is 0 Å². The van der Waals surface area contributed by atoms with Crippen LogP contribution in [0.2, 0.25) is 5.02 Å². The van der Waals surface area contributed by atoms with E-state index in [0.29, 0.717) is 22.9 Å². The second-order valence-corrected chi connectivity index (χ2v) is 9.17. The van der Waals surface area contributed by atoms with Gasteiger partial charge in [0.1, 0.15) is 0 Å². The summed E-state index contributed by atoms with van der Waals surface area (Å²) in [6, 6.07) is 23.9. The van der Waals surface area contributed by atoms with E-state index in [-0.39, 0.29) is 5.91 Å². The minimum atomic E-state index is -0.0520. The van der Waals surface area contributed by atoms with Gasteiger partial charge in [-0.1, -0.05) is 89.1 Å². The van der Waals surface area contributed by atoms with Crippen molar-refractivity contribution in [3.8, 4) is 22.5 Å². The van der Waals surface area contributed by atoms with Crippen molar-refractivity contribution >= 4 is 35.0 Å². The van der Waals surface area contributed by atoms with Crippen LogP contribution >= 0.6 is 23.4 Å². The molecule has 4 aromatic rings. The maximum atomic E-state index is 12.3. The molecule has 0 fully saturated rings. The summed E-state index contributed by atoms with van der Waals surface area (Å²) < 4.78 is 0. The number of aromatic nitrogens is 2. The molecule has 0 aliphatic carbocycles. The normalized spacial score (nSPS) is 10.8. The quantitative estimate of drug-likeness (QED) is 0.287. The van der Waals surface area contributed by atoms with Crippen LogP contribution in [0.3, 0.4) is 0 Å². The van der Waals surface area contributed by atoms with E-state index in [1.54, 1.807) is 12.1 Å². The number of aryl methyl sites for hydroxylation is 2. The lowest BCUT2D eigenvalue weighted by Crippen LogP contribution is -2.12. The third kappa shape index (κ3) is 5.61. The molecule has 0 bridgehead atoms. The van der Waals surface area contributed by atoms with Gasteiger partial charge in [0.15, 0.2) is 5.16 Å². The van der Waals surface area contributed by atoms with Gasteiger partial charge in [0, 0.05) is 34.0 Å². The minimum absolute atomic E-state index is 0.0520. The predicted octanol–water partition coefficient (Wildman–Crippen LogP) is 7.13. The third-order valence-electron chi connectivity index (χ3n) is 5.02. The second-order valence-electron chi connectivity index (χ2n) is 7.65. The highest BCUT2D eigenvalue weighted by molar-refractivity contribution is 7.99. The molecule has 6 heteroatoms. The van der Waals surface area contributed by atoms with Gasteiger partial charge in [-0.05, 0) is 32.0 Å². The van der Waals surface area contributed by atoms with Gasteiger partial charge in [-0.15, -0.1) is 0 Å². The molecule has 0 radical (unpaired) electrons. The number of hydrogen-bond donors (Lipinski definition) is 2. The van der Waals surface area contributed by atoms with Crippen molar-refractivity contribution in [2.75, 3.05) is 11.1 Å². The van der Waals surface area contributed by atoms with E-state index in [4.69, 9.17) is 16.6 Å². The lowest BCUT2D eigenvalue weighted by atomic mass is 10.0. The van der Waals surface area contributed by atoms with Gasteiger partial charge in [0.05, 0.1) is 11.4 Å². The highest BCUT2D eigenvalue weighted by Gasteiger charge is 2.15. The fourth-order valence-corrected chi connectivity index (χ4v) is 4.30. The van der Waals surface area contributed by atoms with E-state index < -0.39 is 0 Å². The monoisotopic (exact) mass is 461 g/mol. The highest BCUT2D eigenvalue weighted by atomic mass is 35.5. The van der Waals surface area contributed by atoms with Gasteiger partial charge in [-0.3, -0.25) is 4.79 Å². The van der Waals surface area contributed by atoms with Crippen LogP contribution in [-0.2, 0) is 4.79 Å². The molecule has 162 valence electrons. The standard InChI is InChI=1S/C26H24ClN3OS/c1-17-6-10-19(11-7-17)24-25(20-12-8-18(2)9-13-20)30-26(29-24)32-15-14-23(31)28-22-5-3-4-21(27)16-22/h3-13,16H,14-15H2,1-2H3,(H,28,31)(H,29,30). The molecule has 1 aromatic heterocycles. The van der Waals surface area contributed by atoms with E-state index in [2.05, 4.69) is 72.7 Å². The summed E-state index contributed by atoms with van der Waals surface area (Å²) in [7, 11) is 0. The van der Waals surface area contributed by atoms with Crippen molar-refractivity contribution < 1.29 is 4.79 Å². The first-order valence-electron chi connectivity index (χ1n) is 10.4. The zero-order valence-electron chi connectivity index (χ0n) is 18.0. The van der Waals surface area contributed by atoms with Crippen LogP contribution in [-0.4, -0.2) is 21.6 Å². The van der Waals surface area contributed by atoms with Crippen LogP contribution in [0.5, 0.6) is 0 Å². The number of carbonyl (C=O) groups is 1. The second kappa shape index (κ2) is 10.1. The smallest absolute Gasteiger partial charge is 0.225 e. The molecule has 4 nitrogen and oxygen atoms in total. The van der Waals surface area contributed by atoms with Crippen molar-refractivity contribution in [2.45, 2.75) is 25.4 Å². The molecule has 0 aliphatic heterocycles. The molecular weight excluding hydrogens is 438 g/mol. The molecule has 0 atom stereocenters. The SMILES string of the molecule is Cc1ccc(-c2nc(SCCC(=O)Nc3cccc(Cl)c3)[nH]c2-c2ccc(C)cc2)cc1. The Morgan fingerprint density at radius 2 is 1.62 bits per heavy atom. The van der Waals surface area contributed by atoms with Gasteiger partial charge in [0.2, 0.25) is 5.91 Å². The maximum Gasteiger partial charge on any atom is 0.225 e. The molecular formula is C26H24ClN3OS. The Bertz CT molecular complexity index is 1150. The number of imidazole rings is 1. The summed E-state index contributed by atoms with van der Waals surface area (Å²) in [4.78, 5) is 20.6. The van der Waals surface area contributed by atoms with Gasteiger partial charge in [0.25, 0.3) is 0 Å². The fourth-order valence-electron chi connectivity index (χ4n) is 3.30. The number of hydrogen-bond acceptors (Lipinski definition) is 3. The first-order chi connectivity index (χ1) is 15.5. The number of carbonyl (C=O) groups excluding carboxylic acids is 1.